The molecule has 1 saturated heterocycles. The van der Waals surface area contributed by atoms with Crippen LogP contribution >= 0.6 is 0 Å². The molecule has 0 bridgehead atoms. The first-order valence-corrected chi connectivity index (χ1v) is 5.00. The van der Waals surface area contributed by atoms with E-state index in [1.807, 2.05) is 7.05 Å². The van der Waals surface area contributed by atoms with E-state index < -0.39 is 0 Å². The molecule has 2 rings (SSSR count). The van der Waals surface area contributed by atoms with Crippen molar-refractivity contribution >= 4 is 0 Å². The van der Waals surface area contributed by atoms with Crippen molar-refractivity contribution in [2.75, 3.05) is 19.8 Å². The van der Waals surface area contributed by atoms with Crippen molar-refractivity contribution < 1.29 is 4.74 Å². The molecule has 1 aromatic heterocycles. The number of aryl methyl sites for hydroxylation is 1. The largest absolute Gasteiger partial charge is 0.380 e. The van der Waals surface area contributed by atoms with Crippen LogP contribution in [-0.4, -0.2) is 40.6 Å². The monoisotopic (exact) mass is 196 g/mol. The Bertz CT molecular complexity index is 280. The first-order valence-electron chi connectivity index (χ1n) is 5.00. The fourth-order valence-corrected chi connectivity index (χ4v) is 1.58. The fraction of sp³-hybridized carbons (Fsp3) is 0.778. The zero-order valence-electron chi connectivity index (χ0n) is 8.44. The normalized spacial score (nSPS) is 21.6. The highest BCUT2D eigenvalue weighted by atomic mass is 16.5. The van der Waals surface area contributed by atoms with E-state index in [1.165, 1.54) is 0 Å². The second-order valence-electron chi connectivity index (χ2n) is 3.60. The molecule has 1 aromatic rings. The molecule has 0 saturated carbocycles. The first kappa shape index (κ1) is 9.61. The molecule has 0 spiro atoms. The minimum Gasteiger partial charge on any atom is -0.380 e. The third-order valence-electron chi connectivity index (χ3n) is 2.36. The molecule has 78 valence electrons. The van der Waals surface area contributed by atoms with Crippen LogP contribution in [0.3, 0.4) is 0 Å². The van der Waals surface area contributed by atoms with Crippen LogP contribution in [0.4, 0.5) is 0 Å². The molecule has 2 heterocycles. The van der Waals surface area contributed by atoms with Crippen molar-refractivity contribution in [2.45, 2.75) is 18.9 Å². The van der Waals surface area contributed by atoms with Gasteiger partial charge in [-0.3, -0.25) is 4.68 Å². The lowest BCUT2D eigenvalue weighted by Crippen LogP contribution is -2.31. The summed E-state index contributed by atoms with van der Waals surface area (Å²) in [5.74, 6) is 0.902. The zero-order chi connectivity index (χ0) is 9.80. The van der Waals surface area contributed by atoms with E-state index in [9.17, 15) is 0 Å². The molecule has 14 heavy (non-hydrogen) atoms. The van der Waals surface area contributed by atoms with Crippen LogP contribution in [0.1, 0.15) is 12.2 Å². The van der Waals surface area contributed by atoms with Crippen LogP contribution < -0.4 is 5.32 Å². The summed E-state index contributed by atoms with van der Waals surface area (Å²) in [5, 5.41) is 7.63. The van der Waals surface area contributed by atoms with Gasteiger partial charge in [0.2, 0.25) is 0 Å². The van der Waals surface area contributed by atoms with E-state index in [0.29, 0.717) is 6.04 Å². The lowest BCUT2D eigenvalue weighted by atomic mass is 10.2. The smallest absolute Gasteiger partial charge is 0.151 e. The Kier molecular flexibility index (Phi) is 3.10. The molecule has 5 nitrogen and oxygen atoms in total. The SMILES string of the molecule is Cn1cnc(CCNC2CCOC2)n1. The quantitative estimate of drug-likeness (QED) is 0.720. The van der Waals surface area contributed by atoms with Crippen molar-refractivity contribution in [3.63, 3.8) is 0 Å². The van der Waals surface area contributed by atoms with Gasteiger partial charge in [0, 0.05) is 32.7 Å². The lowest BCUT2D eigenvalue weighted by Gasteiger charge is -2.08. The highest BCUT2D eigenvalue weighted by molar-refractivity contribution is 4.83. The summed E-state index contributed by atoms with van der Waals surface area (Å²) in [6.45, 7) is 2.66. The summed E-state index contributed by atoms with van der Waals surface area (Å²) in [7, 11) is 1.88. The number of nitrogens with one attached hydrogen (secondary N) is 1. The maximum atomic E-state index is 5.27. The van der Waals surface area contributed by atoms with E-state index in [1.54, 1.807) is 11.0 Å². The van der Waals surface area contributed by atoms with Crippen LogP contribution in [0.2, 0.25) is 0 Å². The third-order valence-corrected chi connectivity index (χ3v) is 2.36. The lowest BCUT2D eigenvalue weighted by molar-refractivity contribution is 0.190. The number of hydrogen-bond acceptors (Lipinski definition) is 4. The Morgan fingerprint density at radius 2 is 2.64 bits per heavy atom. The highest BCUT2D eigenvalue weighted by Gasteiger charge is 2.14. The van der Waals surface area contributed by atoms with Gasteiger partial charge in [-0.1, -0.05) is 0 Å². The van der Waals surface area contributed by atoms with E-state index in [2.05, 4.69) is 15.4 Å². The van der Waals surface area contributed by atoms with Crippen molar-refractivity contribution in [3.05, 3.63) is 12.2 Å². The second-order valence-corrected chi connectivity index (χ2v) is 3.60. The average molecular weight is 196 g/mol. The molecule has 1 unspecified atom stereocenters. The Hall–Kier alpha value is -0.940. The van der Waals surface area contributed by atoms with E-state index >= 15 is 0 Å². The Labute approximate surface area is 83.5 Å². The molecule has 1 aliphatic rings. The minimum absolute atomic E-state index is 0.527. The van der Waals surface area contributed by atoms with Gasteiger partial charge in [-0.15, -0.1) is 0 Å². The Morgan fingerprint density at radius 3 is 3.29 bits per heavy atom. The Morgan fingerprint density at radius 1 is 1.71 bits per heavy atom. The number of rotatable bonds is 4. The fourth-order valence-electron chi connectivity index (χ4n) is 1.58. The van der Waals surface area contributed by atoms with Crippen molar-refractivity contribution in [1.82, 2.24) is 20.1 Å². The molecular weight excluding hydrogens is 180 g/mol. The molecule has 1 fully saturated rings. The molecule has 0 radical (unpaired) electrons. The predicted molar refractivity (Wildman–Crippen MR) is 51.9 cm³/mol. The van der Waals surface area contributed by atoms with Gasteiger partial charge in [-0.05, 0) is 6.42 Å². The van der Waals surface area contributed by atoms with Gasteiger partial charge in [-0.25, -0.2) is 4.98 Å². The summed E-state index contributed by atoms with van der Waals surface area (Å²) >= 11 is 0. The van der Waals surface area contributed by atoms with Gasteiger partial charge in [0.05, 0.1) is 6.61 Å². The topological polar surface area (TPSA) is 52.0 Å². The van der Waals surface area contributed by atoms with Crippen molar-refractivity contribution in [1.29, 1.82) is 0 Å². The zero-order valence-corrected chi connectivity index (χ0v) is 8.44. The van der Waals surface area contributed by atoms with Gasteiger partial charge >= 0.3 is 0 Å². The van der Waals surface area contributed by atoms with Crippen LogP contribution in [0.15, 0.2) is 6.33 Å². The van der Waals surface area contributed by atoms with Crippen LogP contribution in [-0.2, 0) is 18.2 Å². The third kappa shape index (κ3) is 2.52. The molecule has 1 N–H and O–H groups in total. The van der Waals surface area contributed by atoms with Gasteiger partial charge in [0.25, 0.3) is 0 Å². The van der Waals surface area contributed by atoms with Gasteiger partial charge < -0.3 is 10.1 Å². The number of hydrogen-bond donors (Lipinski definition) is 1. The molecule has 5 heteroatoms. The van der Waals surface area contributed by atoms with Crippen molar-refractivity contribution in [2.24, 2.45) is 7.05 Å². The Balaban J connectivity index is 1.67. The molecule has 1 atom stereocenters. The summed E-state index contributed by atoms with van der Waals surface area (Å²) in [6, 6.07) is 0.527. The van der Waals surface area contributed by atoms with Crippen LogP contribution in [0, 0.1) is 0 Å². The summed E-state index contributed by atoms with van der Waals surface area (Å²) in [4.78, 5) is 4.16. The van der Waals surface area contributed by atoms with Gasteiger partial charge in [0.1, 0.15) is 6.33 Å². The number of ether oxygens (including phenoxy) is 1. The molecule has 0 aromatic carbocycles. The van der Waals surface area contributed by atoms with Crippen molar-refractivity contribution in [3.8, 4) is 0 Å². The summed E-state index contributed by atoms with van der Waals surface area (Å²) in [6.07, 6.45) is 3.74. The summed E-state index contributed by atoms with van der Waals surface area (Å²) in [5.41, 5.74) is 0. The maximum absolute atomic E-state index is 5.27. The molecular formula is C9H16N4O. The maximum Gasteiger partial charge on any atom is 0.151 e. The van der Waals surface area contributed by atoms with E-state index in [4.69, 9.17) is 4.74 Å². The standard InChI is InChI=1S/C9H16N4O/c1-13-7-11-9(12-13)2-4-10-8-3-5-14-6-8/h7-8,10H,2-6H2,1H3. The van der Waals surface area contributed by atoms with Crippen LogP contribution in [0.5, 0.6) is 0 Å². The first-order chi connectivity index (χ1) is 6.84. The van der Waals surface area contributed by atoms with Crippen LogP contribution in [0.25, 0.3) is 0 Å². The molecule has 1 aliphatic heterocycles. The average Bonchev–Trinajstić information content (AvgIpc) is 2.77. The van der Waals surface area contributed by atoms with E-state index in [0.717, 1.165) is 38.4 Å². The highest BCUT2D eigenvalue weighted by Crippen LogP contribution is 2.02. The second kappa shape index (κ2) is 4.52. The molecule has 0 amide bonds. The minimum atomic E-state index is 0.527. The van der Waals surface area contributed by atoms with E-state index in [-0.39, 0.29) is 0 Å². The number of aromatic nitrogens is 3. The van der Waals surface area contributed by atoms with Gasteiger partial charge in [0.15, 0.2) is 5.82 Å². The predicted octanol–water partition coefficient (Wildman–Crippen LogP) is -0.264. The number of nitrogens with zero attached hydrogens (tertiary/aromatic N) is 3. The van der Waals surface area contributed by atoms with Gasteiger partial charge in [-0.2, -0.15) is 5.10 Å². The molecule has 0 aliphatic carbocycles. The summed E-state index contributed by atoms with van der Waals surface area (Å²) < 4.78 is 7.00.